The van der Waals surface area contributed by atoms with E-state index >= 15 is 0 Å². The fourth-order valence-corrected chi connectivity index (χ4v) is 4.31. The molecule has 4 rings (SSSR count). The Bertz CT molecular complexity index is 1000. The van der Waals surface area contributed by atoms with E-state index < -0.39 is 0 Å². The Balaban J connectivity index is 1.77. The van der Waals surface area contributed by atoms with Crippen molar-refractivity contribution >= 4 is 39.1 Å². The van der Waals surface area contributed by atoms with Crippen molar-refractivity contribution in [2.45, 2.75) is 19.4 Å². The van der Waals surface area contributed by atoms with Crippen LogP contribution in [0.5, 0.6) is 0 Å². The van der Waals surface area contributed by atoms with E-state index in [-0.39, 0.29) is 18.0 Å². The predicted octanol–water partition coefficient (Wildman–Crippen LogP) is 3.40. The maximum atomic E-state index is 13.0. The first-order chi connectivity index (χ1) is 12.1. The number of hydrogen-bond donors (Lipinski definition) is 0. The quantitative estimate of drug-likeness (QED) is 0.707. The predicted molar refractivity (Wildman–Crippen MR) is 100 cm³/mol. The number of carbonyl (C=O) groups is 1. The van der Waals surface area contributed by atoms with Crippen LogP contribution in [0, 0.1) is 0 Å². The molecule has 0 spiro atoms. The molecule has 1 aromatic carbocycles. The van der Waals surface area contributed by atoms with E-state index in [1.807, 2.05) is 23.6 Å². The summed E-state index contributed by atoms with van der Waals surface area (Å²) in [4.78, 5) is 32.2. The van der Waals surface area contributed by atoms with Crippen molar-refractivity contribution in [3.8, 4) is 11.1 Å². The van der Waals surface area contributed by atoms with E-state index in [0.29, 0.717) is 15.2 Å². The van der Waals surface area contributed by atoms with Crippen molar-refractivity contribution in [3.05, 3.63) is 51.3 Å². The molecule has 1 saturated heterocycles. The van der Waals surface area contributed by atoms with E-state index in [9.17, 15) is 9.59 Å². The minimum atomic E-state index is -0.200. The molecule has 0 bridgehead atoms. The molecular formula is C18H16ClN3O2S. The van der Waals surface area contributed by atoms with Crippen LogP contribution in [0.2, 0.25) is 5.02 Å². The van der Waals surface area contributed by atoms with Gasteiger partial charge in [0.1, 0.15) is 11.4 Å². The summed E-state index contributed by atoms with van der Waals surface area (Å²) in [7, 11) is 0. The molecule has 0 atom stereocenters. The first kappa shape index (κ1) is 16.3. The fraction of sp³-hybridized carbons (Fsp3) is 0.278. The number of rotatable bonds is 3. The number of amides is 1. The Morgan fingerprint density at radius 1 is 1.20 bits per heavy atom. The lowest BCUT2D eigenvalue weighted by molar-refractivity contribution is -0.130. The van der Waals surface area contributed by atoms with Gasteiger partial charge in [-0.2, -0.15) is 0 Å². The molecule has 0 saturated carbocycles. The molecule has 5 nitrogen and oxygen atoms in total. The Morgan fingerprint density at radius 3 is 2.72 bits per heavy atom. The molecule has 0 aliphatic carbocycles. The first-order valence-corrected chi connectivity index (χ1v) is 9.40. The van der Waals surface area contributed by atoms with Crippen molar-refractivity contribution < 1.29 is 4.79 Å². The van der Waals surface area contributed by atoms with Crippen LogP contribution < -0.4 is 5.56 Å². The van der Waals surface area contributed by atoms with Gasteiger partial charge in [0.25, 0.3) is 5.56 Å². The molecule has 1 fully saturated rings. The zero-order valence-corrected chi connectivity index (χ0v) is 15.0. The van der Waals surface area contributed by atoms with E-state index in [1.54, 1.807) is 11.0 Å². The number of benzene rings is 1. The van der Waals surface area contributed by atoms with Crippen LogP contribution in [-0.4, -0.2) is 33.4 Å². The second-order valence-corrected chi connectivity index (χ2v) is 7.34. The number of thiophene rings is 1. The van der Waals surface area contributed by atoms with Crippen LogP contribution in [0.4, 0.5) is 0 Å². The summed E-state index contributed by atoms with van der Waals surface area (Å²) in [5.74, 6) is -0.0322. The first-order valence-electron chi connectivity index (χ1n) is 8.14. The number of carbonyl (C=O) groups excluding carboxylic acids is 1. The fourth-order valence-electron chi connectivity index (χ4n) is 3.17. The maximum absolute atomic E-state index is 13.0. The summed E-state index contributed by atoms with van der Waals surface area (Å²) in [5.41, 5.74) is 1.37. The van der Waals surface area contributed by atoms with E-state index in [1.165, 1.54) is 22.2 Å². The summed E-state index contributed by atoms with van der Waals surface area (Å²) in [6.45, 7) is 1.57. The Labute approximate surface area is 153 Å². The Kier molecular flexibility index (Phi) is 4.31. The van der Waals surface area contributed by atoms with Gasteiger partial charge in [0, 0.05) is 34.6 Å². The van der Waals surface area contributed by atoms with Crippen molar-refractivity contribution in [2.24, 2.45) is 0 Å². The largest absolute Gasteiger partial charge is 0.341 e. The molecule has 1 aliphatic rings. The summed E-state index contributed by atoms with van der Waals surface area (Å²) in [6, 6.07) is 7.42. The van der Waals surface area contributed by atoms with Gasteiger partial charge >= 0.3 is 0 Å². The molecule has 7 heteroatoms. The van der Waals surface area contributed by atoms with Crippen LogP contribution in [-0.2, 0) is 11.3 Å². The number of fused-ring (bicyclic) bond motifs is 1. The second kappa shape index (κ2) is 6.61. The number of hydrogen-bond acceptors (Lipinski definition) is 4. The summed E-state index contributed by atoms with van der Waals surface area (Å²) in [5, 5.41) is 3.01. The van der Waals surface area contributed by atoms with E-state index in [0.717, 1.165) is 37.1 Å². The molecular weight excluding hydrogens is 358 g/mol. The van der Waals surface area contributed by atoms with E-state index in [4.69, 9.17) is 11.6 Å². The molecule has 0 N–H and O–H groups in total. The highest BCUT2D eigenvalue weighted by atomic mass is 35.5. The van der Waals surface area contributed by atoms with Gasteiger partial charge in [-0.3, -0.25) is 14.2 Å². The Hall–Kier alpha value is -2.18. The average molecular weight is 374 g/mol. The maximum Gasteiger partial charge on any atom is 0.263 e. The van der Waals surface area contributed by atoms with Crippen LogP contribution in [0.1, 0.15) is 12.8 Å². The molecule has 2 aromatic heterocycles. The average Bonchev–Trinajstić information content (AvgIpc) is 3.27. The summed E-state index contributed by atoms with van der Waals surface area (Å²) >= 11 is 7.70. The van der Waals surface area contributed by atoms with Crippen molar-refractivity contribution in [1.82, 2.24) is 14.5 Å². The topological polar surface area (TPSA) is 55.2 Å². The lowest BCUT2D eigenvalue weighted by Crippen LogP contribution is -2.34. The molecule has 3 heterocycles. The van der Waals surface area contributed by atoms with Crippen LogP contribution in [0.25, 0.3) is 21.3 Å². The highest BCUT2D eigenvalue weighted by Crippen LogP contribution is 2.34. The third kappa shape index (κ3) is 2.96. The van der Waals surface area contributed by atoms with E-state index in [2.05, 4.69) is 4.98 Å². The van der Waals surface area contributed by atoms with Gasteiger partial charge in [-0.25, -0.2) is 4.98 Å². The van der Waals surface area contributed by atoms with Gasteiger partial charge in [-0.1, -0.05) is 29.8 Å². The standard InChI is InChI=1S/C18H16ClN3O2S/c19-14-6-2-1-5-12(14)13-10-25-17-16(13)18(24)22(11-20-17)9-15(23)21-7-3-4-8-21/h1-2,5-6,10-11H,3-4,7-9H2. The van der Waals surface area contributed by atoms with Gasteiger partial charge in [0.15, 0.2) is 0 Å². The minimum Gasteiger partial charge on any atom is -0.341 e. The third-order valence-electron chi connectivity index (χ3n) is 4.49. The number of aromatic nitrogens is 2. The molecule has 25 heavy (non-hydrogen) atoms. The van der Waals surface area contributed by atoms with Crippen LogP contribution in [0.15, 0.2) is 40.8 Å². The van der Waals surface area contributed by atoms with Crippen molar-refractivity contribution in [1.29, 1.82) is 0 Å². The smallest absolute Gasteiger partial charge is 0.263 e. The number of nitrogens with zero attached hydrogens (tertiary/aromatic N) is 3. The molecule has 128 valence electrons. The van der Waals surface area contributed by atoms with Crippen molar-refractivity contribution in [3.63, 3.8) is 0 Å². The van der Waals surface area contributed by atoms with Gasteiger partial charge in [0.05, 0.1) is 11.7 Å². The summed E-state index contributed by atoms with van der Waals surface area (Å²) in [6.07, 6.45) is 3.52. The van der Waals surface area contributed by atoms with Crippen LogP contribution in [0.3, 0.4) is 0 Å². The third-order valence-corrected chi connectivity index (χ3v) is 5.71. The lowest BCUT2D eigenvalue weighted by Gasteiger charge is -2.15. The molecule has 3 aromatic rings. The minimum absolute atomic E-state index is 0.0274. The van der Waals surface area contributed by atoms with Gasteiger partial charge in [0.2, 0.25) is 5.91 Å². The number of likely N-dealkylation sites (tertiary alicyclic amines) is 1. The lowest BCUT2D eigenvalue weighted by atomic mass is 10.1. The molecule has 0 radical (unpaired) electrons. The Morgan fingerprint density at radius 2 is 1.96 bits per heavy atom. The molecule has 1 amide bonds. The van der Waals surface area contributed by atoms with Gasteiger partial charge in [-0.15, -0.1) is 11.3 Å². The highest BCUT2D eigenvalue weighted by molar-refractivity contribution is 7.17. The van der Waals surface area contributed by atoms with Gasteiger partial charge < -0.3 is 4.90 Å². The normalized spacial score (nSPS) is 14.4. The molecule has 0 unspecified atom stereocenters. The van der Waals surface area contributed by atoms with Crippen LogP contribution >= 0.6 is 22.9 Å². The summed E-state index contributed by atoms with van der Waals surface area (Å²) < 4.78 is 1.40. The zero-order valence-electron chi connectivity index (χ0n) is 13.4. The van der Waals surface area contributed by atoms with Gasteiger partial charge in [-0.05, 0) is 18.9 Å². The second-order valence-electron chi connectivity index (χ2n) is 6.07. The number of halogens is 1. The SMILES string of the molecule is O=C(Cn1cnc2scc(-c3ccccc3Cl)c2c1=O)N1CCCC1. The monoisotopic (exact) mass is 373 g/mol. The molecule has 1 aliphatic heterocycles. The van der Waals surface area contributed by atoms with Crippen molar-refractivity contribution in [2.75, 3.05) is 13.1 Å². The zero-order chi connectivity index (χ0) is 17.4. The highest BCUT2D eigenvalue weighted by Gasteiger charge is 2.20.